The Kier molecular flexibility index (Phi) is 4.38. The van der Waals surface area contributed by atoms with E-state index in [0.29, 0.717) is 18.7 Å². The van der Waals surface area contributed by atoms with Gasteiger partial charge in [0.2, 0.25) is 0 Å². The van der Waals surface area contributed by atoms with Crippen LogP contribution in [-0.4, -0.2) is 29.7 Å². The molecule has 0 radical (unpaired) electrons. The number of rotatable bonds is 5. The van der Waals surface area contributed by atoms with E-state index in [1.165, 1.54) is 0 Å². The number of nitrogens with two attached hydrogens (primary N) is 1. The molecule has 1 rings (SSSR count). The summed E-state index contributed by atoms with van der Waals surface area (Å²) in [7, 11) is 1.77. The molecule has 0 aliphatic rings. The van der Waals surface area contributed by atoms with Crippen LogP contribution in [0.3, 0.4) is 0 Å². The fourth-order valence-corrected chi connectivity index (χ4v) is 1.20. The summed E-state index contributed by atoms with van der Waals surface area (Å²) in [5.74, 6) is -0.369. The molecule has 88 valence electrons. The first-order valence-electron chi connectivity index (χ1n) is 4.93. The Morgan fingerprint density at radius 3 is 2.88 bits per heavy atom. The molecule has 1 aromatic heterocycles. The molecule has 0 saturated heterocycles. The summed E-state index contributed by atoms with van der Waals surface area (Å²) in [6, 6.07) is 2.88. The number of amides is 2. The molecule has 2 amide bonds. The van der Waals surface area contributed by atoms with Crippen LogP contribution < -0.4 is 11.1 Å². The van der Waals surface area contributed by atoms with Gasteiger partial charge >= 0.3 is 12.0 Å². The van der Waals surface area contributed by atoms with Gasteiger partial charge in [0.05, 0.1) is 6.61 Å². The van der Waals surface area contributed by atoms with Gasteiger partial charge in [-0.05, 0) is 18.6 Å². The van der Waals surface area contributed by atoms with Crippen LogP contribution in [0.4, 0.5) is 4.79 Å². The lowest BCUT2D eigenvalue weighted by atomic mass is 10.4. The minimum Gasteiger partial charge on any atom is -0.461 e. The van der Waals surface area contributed by atoms with Gasteiger partial charge in [0.1, 0.15) is 5.69 Å². The first-order valence-corrected chi connectivity index (χ1v) is 4.93. The highest BCUT2D eigenvalue weighted by molar-refractivity contribution is 5.87. The van der Waals surface area contributed by atoms with E-state index in [1.54, 1.807) is 29.9 Å². The zero-order chi connectivity index (χ0) is 12.0. The van der Waals surface area contributed by atoms with Crippen LogP contribution in [0.1, 0.15) is 16.9 Å². The number of esters is 1. The second-order valence-corrected chi connectivity index (χ2v) is 3.28. The van der Waals surface area contributed by atoms with Gasteiger partial charge in [0.25, 0.3) is 0 Å². The van der Waals surface area contributed by atoms with E-state index >= 15 is 0 Å². The van der Waals surface area contributed by atoms with E-state index in [0.717, 1.165) is 0 Å². The van der Waals surface area contributed by atoms with Crippen molar-refractivity contribution in [1.29, 1.82) is 0 Å². The lowest BCUT2D eigenvalue weighted by Gasteiger charge is -2.05. The summed E-state index contributed by atoms with van der Waals surface area (Å²) in [6.07, 6.45) is 2.31. The van der Waals surface area contributed by atoms with Crippen molar-refractivity contribution in [3.05, 3.63) is 24.0 Å². The highest BCUT2D eigenvalue weighted by Gasteiger charge is 2.09. The van der Waals surface area contributed by atoms with Crippen molar-refractivity contribution in [1.82, 2.24) is 9.88 Å². The molecule has 0 aliphatic carbocycles. The fourth-order valence-electron chi connectivity index (χ4n) is 1.20. The van der Waals surface area contributed by atoms with E-state index in [2.05, 4.69) is 5.32 Å². The summed E-state index contributed by atoms with van der Waals surface area (Å²) < 4.78 is 6.68. The first-order chi connectivity index (χ1) is 7.61. The fraction of sp³-hybridized carbons (Fsp3) is 0.400. The maximum Gasteiger partial charge on any atom is 0.354 e. The number of primary amides is 1. The van der Waals surface area contributed by atoms with Crippen LogP contribution in [0.5, 0.6) is 0 Å². The smallest absolute Gasteiger partial charge is 0.354 e. The topological polar surface area (TPSA) is 86.3 Å². The van der Waals surface area contributed by atoms with E-state index < -0.39 is 6.03 Å². The molecule has 16 heavy (non-hydrogen) atoms. The van der Waals surface area contributed by atoms with Gasteiger partial charge in [-0.2, -0.15) is 0 Å². The average molecular weight is 225 g/mol. The lowest BCUT2D eigenvalue weighted by molar-refractivity contribution is 0.0490. The summed E-state index contributed by atoms with van der Waals surface area (Å²) in [5.41, 5.74) is 5.37. The molecule has 6 heteroatoms. The molecule has 0 bridgehead atoms. The van der Waals surface area contributed by atoms with Crippen molar-refractivity contribution in [2.24, 2.45) is 12.8 Å². The number of urea groups is 1. The first kappa shape index (κ1) is 12.1. The largest absolute Gasteiger partial charge is 0.461 e. The maximum absolute atomic E-state index is 11.5. The molecule has 0 unspecified atom stereocenters. The molecule has 1 heterocycles. The Morgan fingerprint density at radius 1 is 1.56 bits per heavy atom. The van der Waals surface area contributed by atoms with Crippen LogP contribution >= 0.6 is 0 Å². The second kappa shape index (κ2) is 5.79. The number of aryl methyl sites for hydroxylation is 1. The molecule has 0 spiro atoms. The Morgan fingerprint density at radius 2 is 2.31 bits per heavy atom. The van der Waals surface area contributed by atoms with Gasteiger partial charge in [-0.3, -0.25) is 0 Å². The third-order valence-corrected chi connectivity index (χ3v) is 2.01. The average Bonchev–Trinajstić information content (AvgIpc) is 2.63. The zero-order valence-electron chi connectivity index (χ0n) is 9.10. The minimum absolute atomic E-state index is 0.254. The van der Waals surface area contributed by atoms with Crippen molar-refractivity contribution >= 4 is 12.0 Å². The molecule has 0 atom stereocenters. The molecule has 0 aromatic carbocycles. The lowest BCUT2D eigenvalue weighted by Crippen LogP contribution is -2.30. The van der Waals surface area contributed by atoms with Crippen LogP contribution in [-0.2, 0) is 11.8 Å². The SMILES string of the molecule is Cn1cccc1C(=O)OCCCNC(N)=O. The van der Waals surface area contributed by atoms with Crippen LogP contribution in [0, 0.1) is 0 Å². The van der Waals surface area contributed by atoms with Gasteiger partial charge in [-0.15, -0.1) is 0 Å². The summed E-state index contributed by atoms with van der Waals surface area (Å²) >= 11 is 0. The molecule has 3 N–H and O–H groups in total. The third kappa shape index (κ3) is 3.64. The van der Waals surface area contributed by atoms with Crippen molar-refractivity contribution in [3.63, 3.8) is 0 Å². The van der Waals surface area contributed by atoms with E-state index in [9.17, 15) is 9.59 Å². The number of hydrogen-bond acceptors (Lipinski definition) is 3. The third-order valence-electron chi connectivity index (χ3n) is 2.01. The Labute approximate surface area is 93.4 Å². The quantitative estimate of drug-likeness (QED) is 0.556. The monoisotopic (exact) mass is 225 g/mol. The number of hydrogen-bond donors (Lipinski definition) is 2. The van der Waals surface area contributed by atoms with Gasteiger partial charge in [0.15, 0.2) is 0 Å². The number of carbonyl (C=O) groups is 2. The number of ether oxygens (including phenoxy) is 1. The number of aromatic nitrogens is 1. The van der Waals surface area contributed by atoms with Gasteiger partial charge in [-0.1, -0.05) is 0 Å². The Balaban J connectivity index is 2.21. The predicted octanol–water partition coefficient (Wildman–Crippen LogP) is 0.240. The van der Waals surface area contributed by atoms with Gasteiger partial charge in [0, 0.05) is 19.8 Å². The van der Waals surface area contributed by atoms with Crippen LogP contribution in [0.2, 0.25) is 0 Å². The number of nitrogens with one attached hydrogen (secondary N) is 1. The van der Waals surface area contributed by atoms with Crippen molar-refractivity contribution in [2.75, 3.05) is 13.2 Å². The summed E-state index contributed by atoms with van der Waals surface area (Å²) in [4.78, 5) is 21.8. The molecular weight excluding hydrogens is 210 g/mol. The standard InChI is InChI=1S/C10H15N3O3/c1-13-6-2-4-8(13)9(14)16-7-3-5-12-10(11)15/h2,4,6H,3,5,7H2,1H3,(H3,11,12,15). The number of nitrogens with zero attached hydrogens (tertiary/aromatic N) is 1. The van der Waals surface area contributed by atoms with Gasteiger partial charge < -0.3 is 20.4 Å². The molecule has 0 aliphatic heterocycles. The highest BCUT2D eigenvalue weighted by atomic mass is 16.5. The molecular formula is C10H15N3O3. The second-order valence-electron chi connectivity index (χ2n) is 3.28. The minimum atomic E-state index is -0.575. The van der Waals surface area contributed by atoms with Crippen LogP contribution in [0.25, 0.3) is 0 Å². The number of carbonyl (C=O) groups excluding carboxylic acids is 2. The zero-order valence-corrected chi connectivity index (χ0v) is 9.10. The molecule has 0 saturated carbocycles. The summed E-state index contributed by atoms with van der Waals surface area (Å²) in [5, 5.41) is 2.41. The Hall–Kier alpha value is -1.98. The predicted molar refractivity (Wildman–Crippen MR) is 57.9 cm³/mol. The molecule has 0 fully saturated rings. The van der Waals surface area contributed by atoms with Gasteiger partial charge in [-0.25, -0.2) is 9.59 Å². The molecule has 6 nitrogen and oxygen atoms in total. The van der Waals surface area contributed by atoms with Crippen molar-refractivity contribution in [2.45, 2.75) is 6.42 Å². The summed E-state index contributed by atoms with van der Waals surface area (Å²) in [6.45, 7) is 0.653. The van der Waals surface area contributed by atoms with E-state index in [-0.39, 0.29) is 12.6 Å². The van der Waals surface area contributed by atoms with Crippen molar-refractivity contribution in [3.8, 4) is 0 Å². The Bertz CT molecular complexity index is 373. The van der Waals surface area contributed by atoms with E-state index in [4.69, 9.17) is 10.5 Å². The highest BCUT2D eigenvalue weighted by Crippen LogP contribution is 2.01. The molecule has 1 aromatic rings. The van der Waals surface area contributed by atoms with E-state index in [1.807, 2.05) is 0 Å². The van der Waals surface area contributed by atoms with Crippen LogP contribution in [0.15, 0.2) is 18.3 Å². The maximum atomic E-state index is 11.5. The normalized spacial score (nSPS) is 9.81. The van der Waals surface area contributed by atoms with Crippen molar-refractivity contribution < 1.29 is 14.3 Å².